The highest BCUT2D eigenvalue weighted by Crippen LogP contribution is 2.10. The summed E-state index contributed by atoms with van der Waals surface area (Å²) in [6.07, 6.45) is 12.7. The van der Waals surface area contributed by atoms with Crippen molar-refractivity contribution in [3.8, 4) is 0 Å². The van der Waals surface area contributed by atoms with Gasteiger partial charge in [0.1, 0.15) is 0 Å². The molecule has 0 aliphatic heterocycles. The molecule has 0 aromatic carbocycles. The zero-order valence-corrected chi connectivity index (χ0v) is 14.0. The summed E-state index contributed by atoms with van der Waals surface area (Å²) in [6, 6.07) is 0. The Bertz CT molecular complexity index is 306. The van der Waals surface area contributed by atoms with Gasteiger partial charge < -0.3 is 10.6 Å². The first kappa shape index (κ1) is 20.6. The molecule has 0 rings (SSSR count). The molecule has 0 unspecified atom stereocenters. The van der Waals surface area contributed by atoms with Crippen LogP contribution in [-0.2, 0) is 14.4 Å². The summed E-state index contributed by atoms with van der Waals surface area (Å²) < 4.78 is 0. The summed E-state index contributed by atoms with van der Waals surface area (Å²) in [5.74, 6) is -0.536. The van der Waals surface area contributed by atoms with Crippen LogP contribution in [0.4, 0.5) is 0 Å². The fraction of sp³-hybridized carbons (Fsp3) is 0.824. The molecule has 0 aliphatic carbocycles. The molecule has 0 saturated carbocycles. The fourth-order valence-corrected chi connectivity index (χ4v) is 2.25. The predicted octanol–water partition coefficient (Wildman–Crippen LogP) is 2.73. The number of aldehydes is 1. The Kier molecular flexibility index (Phi) is 15.0. The maximum atomic E-state index is 11.5. The number of unbranched alkanes of at least 4 members (excludes halogenated alkanes) is 8. The van der Waals surface area contributed by atoms with Crippen LogP contribution in [0.1, 0.15) is 77.6 Å². The molecule has 5 nitrogen and oxygen atoms in total. The molecule has 0 spiro atoms. The van der Waals surface area contributed by atoms with E-state index in [-0.39, 0.29) is 12.2 Å². The first-order valence-corrected chi connectivity index (χ1v) is 8.70. The molecule has 0 aliphatic rings. The van der Waals surface area contributed by atoms with Crippen LogP contribution in [-0.4, -0.2) is 31.2 Å². The Balaban J connectivity index is 3.22. The summed E-state index contributed by atoms with van der Waals surface area (Å²) >= 11 is 0. The van der Waals surface area contributed by atoms with Gasteiger partial charge in [0.25, 0.3) is 5.91 Å². The molecule has 2 N–H and O–H groups in total. The second-order valence-electron chi connectivity index (χ2n) is 5.69. The van der Waals surface area contributed by atoms with Crippen molar-refractivity contribution in [3.05, 3.63) is 0 Å². The Morgan fingerprint density at radius 2 is 1.32 bits per heavy atom. The highest BCUT2D eigenvalue weighted by molar-refractivity contribution is 6.23. The van der Waals surface area contributed by atoms with E-state index in [0.717, 1.165) is 12.8 Å². The van der Waals surface area contributed by atoms with Gasteiger partial charge in [-0.15, -0.1) is 0 Å². The Labute approximate surface area is 134 Å². The number of rotatable bonds is 15. The largest absolute Gasteiger partial charge is 0.356 e. The van der Waals surface area contributed by atoms with Gasteiger partial charge >= 0.3 is 0 Å². The van der Waals surface area contributed by atoms with E-state index in [2.05, 4.69) is 17.6 Å². The Hall–Kier alpha value is -1.39. The quantitative estimate of drug-likeness (QED) is 0.277. The van der Waals surface area contributed by atoms with E-state index in [9.17, 15) is 14.4 Å². The summed E-state index contributed by atoms with van der Waals surface area (Å²) in [5.41, 5.74) is 0. The lowest BCUT2D eigenvalue weighted by Gasteiger charge is -2.05. The zero-order chi connectivity index (χ0) is 16.5. The summed E-state index contributed by atoms with van der Waals surface area (Å²) in [4.78, 5) is 32.2. The molecular formula is C17H32N2O3. The van der Waals surface area contributed by atoms with Crippen LogP contribution in [0.15, 0.2) is 0 Å². The maximum Gasteiger partial charge on any atom is 0.284 e. The van der Waals surface area contributed by atoms with Gasteiger partial charge in [-0.2, -0.15) is 0 Å². The van der Waals surface area contributed by atoms with Crippen molar-refractivity contribution in [3.63, 3.8) is 0 Å². The van der Waals surface area contributed by atoms with Gasteiger partial charge in [0.2, 0.25) is 12.2 Å². The number of hydrogen-bond donors (Lipinski definition) is 2. The van der Waals surface area contributed by atoms with Crippen LogP contribution in [0.3, 0.4) is 0 Å². The van der Waals surface area contributed by atoms with Crippen LogP contribution in [0.25, 0.3) is 0 Å². The fourth-order valence-electron chi connectivity index (χ4n) is 2.25. The third kappa shape index (κ3) is 15.0. The monoisotopic (exact) mass is 312 g/mol. The van der Waals surface area contributed by atoms with Gasteiger partial charge in [-0.3, -0.25) is 14.4 Å². The average Bonchev–Trinajstić information content (AvgIpc) is 2.52. The molecule has 5 heteroatoms. The van der Waals surface area contributed by atoms with Crippen LogP contribution < -0.4 is 10.6 Å². The first-order valence-electron chi connectivity index (χ1n) is 8.70. The number of carbonyl (C=O) groups is 3. The summed E-state index contributed by atoms with van der Waals surface area (Å²) in [7, 11) is 0. The van der Waals surface area contributed by atoms with Crippen molar-refractivity contribution in [1.82, 2.24) is 10.6 Å². The highest BCUT2D eigenvalue weighted by atomic mass is 16.2. The van der Waals surface area contributed by atoms with Gasteiger partial charge in [-0.05, 0) is 12.8 Å². The van der Waals surface area contributed by atoms with E-state index in [0.29, 0.717) is 25.9 Å². The normalized spacial score (nSPS) is 10.2. The molecule has 22 heavy (non-hydrogen) atoms. The molecule has 0 saturated heterocycles. The lowest BCUT2D eigenvalue weighted by Crippen LogP contribution is -2.30. The minimum absolute atomic E-state index is 0.0738. The van der Waals surface area contributed by atoms with Gasteiger partial charge in [0, 0.05) is 19.5 Å². The molecule has 2 amide bonds. The summed E-state index contributed by atoms with van der Waals surface area (Å²) in [6.45, 7) is 3.18. The van der Waals surface area contributed by atoms with E-state index in [1.165, 1.54) is 44.9 Å². The van der Waals surface area contributed by atoms with Crippen molar-refractivity contribution < 1.29 is 14.4 Å². The van der Waals surface area contributed by atoms with Crippen molar-refractivity contribution >= 4 is 18.1 Å². The number of hydrogen-bond acceptors (Lipinski definition) is 3. The van der Waals surface area contributed by atoms with E-state index < -0.39 is 5.91 Å². The minimum atomic E-state index is -0.610. The van der Waals surface area contributed by atoms with Crippen LogP contribution in [0.5, 0.6) is 0 Å². The van der Waals surface area contributed by atoms with Crippen molar-refractivity contribution in [2.75, 3.05) is 13.1 Å². The summed E-state index contributed by atoms with van der Waals surface area (Å²) in [5, 5.41) is 5.25. The smallest absolute Gasteiger partial charge is 0.284 e. The molecule has 0 fully saturated rings. The minimum Gasteiger partial charge on any atom is -0.356 e. The molecule has 0 aromatic rings. The first-order chi connectivity index (χ1) is 10.7. The third-order valence-corrected chi connectivity index (χ3v) is 3.59. The molecule has 0 atom stereocenters. The van der Waals surface area contributed by atoms with Crippen molar-refractivity contribution in [2.24, 2.45) is 0 Å². The third-order valence-electron chi connectivity index (χ3n) is 3.59. The van der Waals surface area contributed by atoms with Gasteiger partial charge in [-0.1, -0.05) is 58.3 Å². The maximum absolute atomic E-state index is 11.5. The average molecular weight is 312 g/mol. The Morgan fingerprint density at radius 1 is 0.773 bits per heavy atom. The molecule has 0 radical (unpaired) electrons. The molecule has 128 valence electrons. The molecule has 0 bridgehead atoms. The molecular weight excluding hydrogens is 280 g/mol. The second kappa shape index (κ2) is 16.0. The standard InChI is InChI=1S/C17H32N2O3/c1-2-3-4-5-6-7-8-9-10-12-16(21)18-13-11-14-19-17(22)15-20/h15H,2-14H2,1H3,(H,18,21)(H,19,22). The van der Waals surface area contributed by atoms with Crippen LogP contribution in [0.2, 0.25) is 0 Å². The lowest BCUT2D eigenvalue weighted by molar-refractivity contribution is -0.131. The predicted molar refractivity (Wildman–Crippen MR) is 88.5 cm³/mol. The van der Waals surface area contributed by atoms with Crippen LogP contribution in [0, 0.1) is 0 Å². The second-order valence-corrected chi connectivity index (χ2v) is 5.69. The molecule has 0 aromatic heterocycles. The number of amides is 2. The highest BCUT2D eigenvalue weighted by Gasteiger charge is 2.01. The van der Waals surface area contributed by atoms with Gasteiger partial charge in [0.15, 0.2) is 0 Å². The van der Waals surface area contributed by atoms with E-state index in [4.69, 9.17) is 0 Å². The molecule has 0 heterocycles. The SMILES string of the molecule is CCCCCCCCCCCC(=O)NCCCNC(=O)C=O. The van der Waals surface area contributed by atoms with Crippen molar-refractivity contribution in [2.45, 2.75) is 77.6 Å². The van der Waals surface area contributed by atoms with Gasteiger partial charge in [0.05, 0.1) is 0 Å². The Morgan fingerprint density at radius 3 is 1.91 bits per heavy atom. The topological polar surface area (TPSA) is 75.3 Å². The van der Waals surface area contributed by atoms with Gasteiger partial charge in [-0.25, -0.2) is 0 Å². The van der Waals surface area contributed by atoms with Crippen molar-refractivity contribution in [1.29, 1.82) is 0 Å². The van der Waals surface area contributed by atoms with Crippen LogP contribution >= 0.6 is 0 Å². The van der Waals surface area contributed by atoms with E-state index in [1.54, 1.807) is 0 Å². The van der Waals surface area contributed by atoms with E-state index >= 15 is 0 Å². The van der Waals surface area contributed by atoms with E-state index in [1.807, 2.05) is 0 Å². The zero-order valence-electron chi connectivity index (χ0n) is 14.0. The number of nitrogens with one attached hydrogen (secondary N) is 2. The number of carbonyl (C=O) groups excluding carboxylic acids is 3. The lowest BCUT2D eigenvalue weighted by atomic mass is 10.1.